The molecule has 9 heavy (non-hydrogen) atoms. The largest absolute Gasteiger partial charge is 0.481 e. The minimum atomic E-state index is -1.10. The summed E-state index contributed by atoms with van der Waals surface area (Å²) in [5.74, 6) is -2.03. The molecule has 0 aromatic heterocycles. The molecule has 0 spiro atoms. The Bertz CT molecular complexity index is 118. The van der Waals surface area contributed by atoms with Gasteiger partial charge in [-0.25, -0.2) is 4.79 Å². The van der Waals surface area contributed by atoms with Crippen LogP contribution in [0.1, 0.15) is 12.8 Å². The lowest BCUT2D eigenvalue weighted by molar-refractivity contribution is -0.234. The van der Waals surface area contributed by atoms with Crippen molar-refractivity contribution in [3.8, 4) is 0 Å². The zero-order valence-corrected chi connectivity index (χ0v) is 4.53. The van der Waals surface area contributed by atoms with Gasteiger partial charge in [0, 0.05) is 0 Å². The maximum atomic E-state index is 9.98. The first-order chi connectivity index (χ1) is 4.16. The first kappa shape index (κ1) is 7.90. The minimum absolute atomic E-state index is 0.300. The number of carboxylic acids is 1. The highest BCUT2D eigenvalue weighted by atomic mass is 17.1. The molecule has 0 heterocycles. The zero-order chi connectivity index (χ0) is 7.28. The van der Waals surface area contributed by atoms with Crippen molar-refractivity contribution in [3.63, 3.8) is 0 Å². The molecule has 0 radical (unpaired) electrons. The highest BCUT2D eigenvalue weighted by Crippen LogP contribution is 1.89. The number of carbonyl (C=O) groups is 2. The van der Waals surface area contributed by atoms with Gasteiger partial charge in [0.1, 0.15) is 0 Å². The Morgan fingerprint density at radius 2 is 1.89 bits per heavy atom. The highest BCUT2D eigenvalue weighted by Gasteiger charge is 2.04. The summed E-state index contributed by atoms with van der Waals surface area (Å²) < 4.78 is 0. The summed E-state index contributed by atoms with van der Waals surface area (Å²) in [4.78, 5) is 22.9. The van der Waals surface area contributed by atoms with Crippen molar-refractivity contribution in [2.24, 2.45) is 0 Å². The third-order valence-electron chi connectivity index (χ3n) is 0.645. The number of carbonyl (C=O) groups excluding carboxylic acids is 1. The Morgan fingerprint density at radius 3 is 2.22 bits per heavy atom. The molecule has 0 saturated heterocycles. The van der Waals surface area contributed by atoms with Gasteiger partial charge in [0.2, 0.25) is 0 Å². The summed E-state index contributed by atoms with van der Waals surface area (Å²) in [6.07, 6.45) is -0.620. The summed E-state index contributed by atoms with van der Waals surface area (Å²) in [5.41, 5.74) is 0. The lowest BCUT2D eigenvalue weighted by Gasteiger charge is -1.90. The third kappa shape index (κ3) is 4.76. The fourth-order valence-corrected chi connectivity index (χ4v) is 0.255. The summed E-state index contributed by atoms with van der Waals surface area (Å²) in [7, 11) is 0. The topological polar surface area (TPSA) is 83.8 Å². The molecule has 0 fully saturated rings. The third-order valence-corrected chi connectivity index (χ3v) is 0.645. The summed E-state index contributed by atoms with van der Waals surface area (Å²) in [6.45, 7) is 0. The zero-order valence-electron chi connectivity index (χ0n) is 4.53. The van der Waals surface area contributed by atoms with Gasteiger partial charge in [-0.05, 0) is 0 Å². The van der Waals surface area contributed by atoms with Crippen LogP contribution in [0.5, 0.6) is 0 Å². The molecule has 0 aliphatic rings. The molecule has 5 nitrogen and oxygen atoms in total. The second kappa shape index (κ2) is 3.85. The van der Waals surface area contributed by atoms with Gasteiger partial charge in [0.15, 0.2) is 0 Å². The van der Waals surface area contributed by atoms with Crippen molar-refractivity contribution >= 4 is 11.9 Å². The molecule has 0 rings (SSSR count). The van der Waals surface area contributed by atoms with E-state index in [1.54, 1.807) is 0 Å². The van der Waals surface area contributed by atoms with E-state index < -0.39 is 11.9 Å². The van der Waals surface area contributed by atoms with Crippen LogP contribution in [0, 0.1) is 0 Å². The molecule has 5 heteroatoms. The Hall–Kier alpha value is -1.10. The van der Waals surface area contributed by atoms with Crippen LogP contribution < -0.4 is 0 Å². The Balaban J connectivity index is 3.28. The van der Waals surface area contributed by atoms with Crippen molar-refractivity contribution in [1.82, 2.24) is 0 Å². The fourth-order valence-electron chi connectivity index (χ4n) is 0.255. The van der Waals surface area contributed by atoms with Crippen molar-refractivity contribution in [3.05, 3.63) is 0 Å². The molecule has 0 aromatic rings. The summed E-state index contributed by atoms with van der Waals surface area (Å²) >= 11 is 0. The summed E-state index contributed by atoms with van der Waals surface area (Å²) in [5, 5.41) is 15.6. The van der Waals surface area contributed by atoms with Crippen LogP contribution in [-0.2, 0) is 14.5 Å². The predicted octanol–water partition coefficient (Wildman–Crippen LogP) is -0.133. The summed E-state index contributed by atoms with van der Waals surface area (Å²) in [6, 6.07) is 0. The molecule has 0 aliphatic carbocycles. The standard InChI is InChI=1S/C4H6O5/c5-3(6)1-2-4(7)9-8/h8H,1-2H2,(H,5,6). The molecule has 0 aromatic carbocycles. The van der Waals surface area contributed by atoms with E-state index in [4.69, 9.17) is 10.4 Å². The van der Waals surface area contributed by atoms with Gasteiger partial charge in [-0.3, -0.25) is 4.79 Å². The van der Waals surface area contributed by atoms with Gasteiger partial charge in [0.05, 0.1) is 12.8 Å². The molecule has 2 N–H and O–H groups in total. The van der Waals surface area contributed by atoms with Crippen LogP contribution >= 0.6 is 0 Å². The average Bonchev–Trinajstić information content (AvgIpc) is 1.83. The Kier molecular flexibility index (Phi) is 3.38. The molecule has 0 amide bonds. The number of aliphatic carboxylic acids is 1. The SMILES string of the molecule is O=C(O)CCC(=O)OO. The van der Waals surface area contributed by atoms with Crippen LogP contribution in [0.15, 0.2) is 0 Å². The lowest BCUT2D eigenvalue weighted by atomic mass is 10.3. The smallest absolute Gasteiger partial charge is 0.342 e. The van der Waals surface area contributed by atoms with Gasteiger partial charge in [-0.2, -0.15) is 5.26 Å². The molecule has 52 valence electrons. The van der Waals surface area contributed by atoms with Crippen molar-refractivity contribution < 1.29 is 24.8 Å². The normalized spacial score (nSPS) is 8.56. The number of hydrogen-bond donors (Lipinski definition) is 2. The van der Waals surface area contributed by atoms with Gasteiger partial charge in [0.25, 0.3) is 0 Å². The second-order valence-corrected chi connectivity index (χ2v) is 1.36. The van der Waals surface area contributed by atoms with E-state index in [1.807, 2.05) is 0 Å². The van der Waals surface area contributed by atoms with Gasteiger partial charge in [-0.1, -0.05) is 0 Å². The quantitative estimate of drug-likeness (QED) is 0.414. The minimum Gasteiger partial charge on any atom is -0.481 e. The molecule has 0 atom stereocenters. The van der Waals surface area contributed by atoms with Crippen LogP contribution in [0.4, 0.5) is 0 Å². The molecule has 0 aliphatic heterocycles. The molecule has 0 saturated carbocycles. The van der Waals surface area contributed by atoms with E-state index in [0.29, 0.717) is 0 Å². The maximum Gasteiger partial charge on any atom is 0.342 e. The van der Waals surface area contributed by atoms with Crippen molar-refractivity contribution in [2.45, 2.75) is 12.8 Å². The second-order valence-electron chi connectivity index (χ2n) is 1.36. The van der Waals surface area contributed by atoms with E-state index >= 15 is 0 Å². The maximum absolute atomic E-state index is 9.98. The fraction of sp³-hybridized carbons (Fsp3) is 0.500. The van der Waals surface area contributed by atoms with E-state index in [9.17, 15) is 9.59 Å². The molecule has 0 bridgehead atoms. The highest BCUT2D eigenvalue weighted by molar-refractivity contribution is 5.76. The predicted molar refractivity (Wildman–Crippen MR) is 25.6 cm³/mol. The van der Waals surface area contributed by atoms with Gasteiger partial charge in [-0.15, -0.1) is 0 Å². The van der Waals surface area contributed by atoms with E-state index in [-0.39, 0.29) is 12.8 Å². The van der Waals surface area contributed by atoms with Gasteiger partial charge < -0.3 is 9.99 Å². The lowest BCUT2D eigenvalue weighted by Crippen LogP contribution is -2.04. The van der Waals surface area contributed by atoms with Gasteiger partial charge >= 0.3 is 11.9 Å². The van der Waals surface area contributed by atoms with E-state index in [1.165, 1.54) is 0 Å². The van der Waals surface area contributed by atoms with Crippen LogP contribution in [-0.4, -0.2) is 22.3 Å². The molecular formula is C4H6O5. The number of hydrogen-bond acceptors (Lipinski definition) is 4. The van der Waals surface area contributed by atoms with Crippen LogP contribution in [0.25, 0.3) is 0 Å². The average molecular weight is 134 g/mol. The molecular weight excluding hydrogens is 128 g/mol. The van der Waals surface area contributed by atoms with Crippen molar-refractivity contribution in [1.29, 1.82) is 0 Å². The first-order valence-electron chi connectivity index (χ1n) is 2.23. The number of carboxylic acid groups (broad SMARTS) is 1. The van der Waals surface area contributed by atoms with Crippen LogP contribution in [0.3, 0.4) is 0 Å². The van der Waals surface area contributed by atoms with Crippen LogP contribution in [0.2, 0.25) is 0 Å². The van der Waals surface area contributed by atoms with E-state index in [0.717, 1.165) is 0 Å². The van der Waals surface area contributed by atoms with Crippen molar-refractivity contribution in [2.75, 3.05) is 0 Å². The number of rotatable bonds is 3. The monoisotopic (exact) mass is 134 g/mol. The Labute approximate surface area is 50.8 Å². The molecule has 0 unspecified atom stereocenters. The Morgan fingerprint density at radius 1 is 1.33 bits per heavy atom. The first-order valence-corrected chi connectivity index (χ1v) is 2.23. The van der Waals surface area contributed by atoms with E-state index in [2.05, 4.69) is 4.89 Å².